The van der Waals surface area contributed by atoms with E-state index in [0.29, 0.717) is 0 Å². The van der Waals surface area contributed by atoms with Crippen LogP contribution in [0.1, 0.15) is 32.0 Å². The van der Waals surface area contributed by atoms with Crippen molar-refractivity contribution in [2.75, 3.05) is 13.1 Å². The number of halogens is 1. The van der Waals surface area contributed by atoms with Crippen LogP contribution in [0.3, 0.4) is 0 Å². The van der Waals surface area contributed by atoms with E-state index in [2.05, 4.69) is 50.9 Å². The van der Waals surface area contributed by atoms with Gasteiger partial charge in [-0.1, -0.05) is 15.9 Å². The van der Waals surface area contributed by atoms with Gasteiger partial charge in [0.15, 0.2) is 0 Å². The summed E-state index contributed by atoms with van der Waals surface area (Å²) >= 11 is 3.53. The molecule has 108 valence electrons. The fraction of sp³-hybridized carbons (Fsp3) is 0.562. The molecule has 4 heteroatoms. The van der Waals surface area contributed by atoms with Crippen LogP contribution in [0.25, 0.3) is 11.0 Å². The Labute approximate surface area is 128 Å². The molecule has 1 aromatic carbocycles. The molecule has 20 heavy (non-hydrogen) atoms. The summed E-state index contributed by atoms with van der Waals surface area (Å²) in [5.74, 6) is 2.06. The lowest BCUT2D eigenvalue weighted by Crippen LogP contribution is -2.30. The average Bonchev–Trinajstić information content (AvgIpc) is 2.82. The van der Waals surface area contributed by atoms with Gasteiger partial charge in [0.1, 0.15) is 5.82 Å². The van der Waals surface area contributed by atoms with E-state index in [-0.39, 0.29) is 0 Å². The van der Waals surface area contributed by atoms with Crippen molar-refractivity contribution in [2.45, 2.75) is 39.2 Å². The number of nitrogens with zero attached hydrogens (tertiary/aromatic N) is 2. The van der Waals surface area contributed by atoms with E-state index in [1.807, 2.05) is 0 Å². The van der Waals surface area contributed by atoms with E-state index in [1.54, 1.807) is 0 Å². The van der Waals surface area contributed by atoms with Gasteiger partial charge < -0.3 is 9.88 Å². The Balaban J connectivity index is 1.79. The first-order valence-electron chi connectivity index (χ1n) is 7.63. The normalized spacial score (nSPS) is 19.6. The predicted molar refractivity (Wildman–Crippen MR) is 87.0 cm³/mol. The zero-order valence-electron chi connectivity index (χ0n) is 12.0. The molecule has 0 bridgehead atoms. The van der Waals surface area contributed by atoms with Crippen molar-refractivity contribution in [3.8, 4) is 0 Å². The molecule has 1 unspecified atom stereocenters. The number of rotatable bonds is 4. The minimum Gasteiger partial charge on any atom is -0.328 e. The maximum absolute atomic E-state index is 4.84. The summed E-state index contributed by atoms with van der Waals surface area (Å²) in [6, 6.07) is 6.39. The third kappa shape index (κ3) is 2.91. The van der Waals surface area contributed by atoms with Crippen molar-refractivity contribution in [1.82, 2.24) is 14.9 Å². The minimum absolute atomic E-state index is 0.820. The van der Waals surface area contributed by atoms with Gasteiger partial charge in [-0.3, -0.25) is 0 Å². The first kappa shape index (κ1) is 14.1. The van der Waals surface area contributed by atoms with Gasteiger partial charge in [0.25, 0.3) is 0 Å². The highest BCUT2D eigenvalue weighted by molar-refractivity contribution is 9.10. The Morgan fingerprint density at radius 2 is 2.35 bits per heavy atom. The van der Waals surface area contributed by atoms with Crippen molar-refractivity contribution in [3.05, 3.63) is 28.5 Å². The van der Waals surface area contributed by atoms with E-state index < -0.39 is 0 Å². The molecule has 0 saturated carbocycles. The average molecular weight is 336 g/mol. The van der Waals surface area contributed by atoms with Crippen LogP contribution in [-0.2, 0) is 13.0 Å². The van der Waals surface area contributed by atoms with Crippen LogP contribution in [0.4, 0.5) is 0 Å². The molecule has 0 amide bonds. The molecule has 2 aromatic rings. The number of imidazole rings is 1. The second kappa shape index (κ2) is 6.27. The number of nitrogens with one attached hydrogen (secondary N) is 1. The van der Waals surface area contributed by atoms with Gasteiger partial charge in [0, 0.05) is 17.4 Å². The van der Waals surface area contributed by atoms with Crippen LogP contribution in [0, 0.1) is 5.92 Å². The predicted octanol–water partition coefficient (Wildman–Crippen LogP) is 3.75. The number of fused-ring (bicyclic) bond motifs is 1. The molecular formula is C16H22BrN3. The standard InChI is InChI=1S/C16H22BrN3/c1-2-20-15-7-6-13(17)10-14(15)19-16(20)8-5-12-4-3-9-18-11-12/h6-7,10,12,18H,2-5,8-9,11H2,1H3. The zero-order valence-corrected chi connectivity index (χ0v) is 13.6. The first-order valence-corrected chi connectivity index (χ1v) is 8.42. The highest BCUT2D eigenvalue weighted by Crippen LogP contribution is 2.23. The van der Waals surface area contributed by atoms with Crippen LogP contribution in [0.2, 0.25) is 0 Å². The summed E-state index contributed by atoms with van der Waals surface area (Å²) in [6.07, 6.45) is 5.02. The lowest BCUT2D eigenvalue weighted by Gasteiger charge is -2.22. The number of benzene rings is 1. The van der Waals surface area contributed by atoms with Crippen LogP contribution >= 0.6 is 15.9 Å². The Hall–Kier alpha value is -0.870. The van der Waals surface area contributed by atoms with Gasteiger partial charge in [-0.25, -0.2) is 4.98 Å². The highest BCUT2D eigenvalue weighted by atomic mass is 79.9. The fourth-order valence-corrected chi connectivity index (χ4v) is 3.55. The summed E-state index contributed by atoms with van der Waals surface area (Å²) in [5, 5.41) is 3.50. The molecule has 1 fully saturated rings. The van der Waals surface area contributed by atoms with Crippen LogP contribution in [-0.4, -0.2) is 22.6 Å². The smallest absolute Gasteiger partial charge is 0.109 e. The largest absolute Gasteiger partial charge is 0.328 e. The third-order valence-electron chi connectivity index (χ3n) is 4.28. The van der Waals surface area contributed by atoms with E-state index in [1.165, 1.54) is 43.7 Å². The van der Waals surface area contributed by atoms with Gasteiger partial charge in [0.05, 0.1) is 11.0 Å². The number of hydrogen-bond donors (Lipinski definition) is 1. The number of aryl methyl sites for hydroxylation is 2. The Morgan fingerprint density at radius 3 is 3.10 bits per heavy atom. The first-order chi connectivity index (χ1) is 9.78. The van der Waals surface area contributed by atoms with Crippen LogP contribution < -0.4 is 5.32 Å². The van der Waals surface area contributed by atoms with Crippen molar-refractivity contribution >= 4 is 27.0 Å². The molecule has 3 rings (SSSR count). The monoisotopic (exact) mass is 335 g/mol. The van der Waals surface area contributed by atoms with E-state index in [9.17, 15) is 0 Å². The summed E-state index contributed by atoms with van der Waals surface area (Å²) in [4.78, 5) is 4.84. The maximum atomic E-state index is 4.84. The van der Waals surface area contributed by atoms with E-state index in [4.69, 9.17) is 4.98 Å². The number of piperidine rings is 1. The summed E-state index contributed by atoms with van der Waals surface area (Å²) in [7, 11) is 0. The van der Waals surface area contributed by atoms with Crippen molar-refractivity contribution < 1.29 is 0 Å². The molecule has 1 saturated heterocycles. The molecular weight excluding hydrogens is 314 g/mol. The van der Waals surface area contributed by atoms with E-state index >= 15 is 0 Å². The van der Waals surface area contributed by atoms with Crippen molar-refractivity contribution in [1.29, 1.82) is 0 Å². The minimum atomic E-state index is 0.820. The molecule has 1 N–H and O–H groups in total. The van der Waals surface area contributed by atoms with Crippen LogP contribution in [0.5, 0.6) is 0 Å². The number of aromatic nitrogens is 2. The van der Waals surface area contributed by atoms with Gasteiger partial charge in [-0.2, -0.15) is 0 Å². The summed E-state index contributed by atoms with van der Waals surface area (Å²) < 4.78 is 3.46. The SMILES string of the molecule is CCn1c(CCC2CCCNC2)nc2cc(Br)ccc21. The summed E-state index contributed by atoms with van der Waals surface area (Å²) in [5.41, 5.74) is 2.37. The second-order valence-electron chi connectivity index (χ2n) is 5.66. The van der Waals surface area contributed by atoms with Crippen molar-refractivity contribution in [2.24, 2.45) is 5.92 Å². The molecule has 1 aliphatic heterocycles. The van der Waals surface area contributed by atoms with Crippen molar-refractivity contribution in [3.63, 3.8) is 0 Å². The van der Waals surface area contributed by atoms with Crippen LogP contribution in [0.15, 0.2) is 22.7 Å². The van der Waals surface area contributed by atoms with Gasteiger partial charge >= 0.3 is 0 Å². The molecule has 1 aromatic heterocycles. The molecule has 0 aliphatic carbocycles. The molecule has 2 heterocycles. The van der Waals surface area contributed by atoms with E-state index in [0.717, 1.165) is 28.9 Å². The van der Waals surface area contributed by atoms with Gasteiger partial charge in [-0.15, -0.1) is 0 Å². The van der Waals surface area contributed by atoms with Gasteiger partial charge in [-0.05, 0) is 63.4 Å². The molecule has 1 atom stereocenters. The topological polar surface area (TPSA) is 29.9 Å². The molecule has 1 aliphatic rings. The quantitative estimate of drug-likeness (QED) is 0.922. The zero-order chi connectivity index (χ0) is 13.9. The molecule has 3 nitrogen and oxygen atoms in total. The van der Waals surface area contributed by atoms with Gasteiger partial charge in [0.2, 0.25) is 0 Å². The molecule has 0 radical (unpaired) electrons. The second-order valence-corrected chi connectivity index (χ2v) is 6.57. The fourth-order valence-electron chi connectivity index (χ4n) is 3.20. The molecule has 0 spiro atoms. The Morgan fingerprint density at radius 1 is 1.45 bits per heavy atom. The Kier molecular flexibility index (Phi) is 4.41. The Bertz CT molecular complexity index is 585. The number of hydrogen-bond acceptors (Lipinski definition) is 2. The summed E-state index contributed by atoms with van der Waals surface area (Å²) in [6.45, 7) is 5.57. The highest BCUT2D eigenvalue weighted by Gasteiger charge is 2.15. The third-order valence-corrected chi connectivity index (χ3v) is 4.77. The maximum Gasteiger partial charge on any atom is 0.109 e. The lowest BCUT2D eigenvalue weighted by atomic mass is 9.94. The lowest BCUT2D eigenvalue weighted by molar-refractivity contribution is 0.355.